The maximum atomic E-state index is 10.2. The molecule has 2 aliphatic rings. The van der Waals surface area contributed by atoms with Gasteiger partial charge in [-0.2, -0.15) is 0 Å². The zero-order valence-corrected chi connectivity index (χ0v) is 20.0. The minimum atomic E-state index is -0.203. The number of rotatable bonds is 5. The van der Waals surface area contributed by atoms with Crippen LogP contribution in [-0.2, 0) is 14.2 Å². The smallest absolute Gasteiger partial charge is 0.118 e. The molecule has 172 valence electrons. The molecule has 2 fully saturated rings. The van der Waals surface area contributed by atoms with Gasteiger partial charge in [-0.1, -0.05) is 11.8 Å². The van der Waals surface area contributed by atoms with E-state index in [1.807, 2.05) is 32.9 Å². The molecule has 5 heteroatoms. The molecule has 31 heavy (non-hydrogen) atoms. The van der Waals surface area contributed by atoms with E-state index in [1.165, 1.54) is 0 Å². The molecule has 0 amide bonds. The van der Waals surface area contributed by atoms with Crippen LogP contribution in [0.5, 0.6) is 5.75 Å². The Kier molecular flexibility index (Phi) is 7.57. The Morgan fingerprint density at radius 3 is 2.23 bits per heavy atom. The molecule has 1 aromatic rings. The highest BCUT2D eigenvalue weighted by molar-refractivity contribution is 5.57. The summed E-state index contributed by atoms with van der Waals surface area (Å²) in [5.74, 6) is 6.40. The lowest BCUT2D eigenvalue weighted by atomic mass is 9.90. The van der Waals surface area contributed by atoms with Crippen LogP contribution in [0.25, 0.3) is 0 Å². The van der Waals surface area contributed by atoms with Crippen LogP contribution >= 0.6 is 0 Å². The number of phenols is 1. The Morgan fingerprint density at radius 2 is 1.61 bits per heavy atom. The fraction of sp³-hybridized carbons (Fsp3) is 0.692. The molecule has 1 aromatic carbocycles. The molecular formula is C26H39NO4. The van der Waals surface area contributed by atoms with Crippen LogP contribution in [-0.4, -0.2) is 54.3 Å². The quantitative estimate of drug-likeness (QED) is 0.676. The topological polar surface area (TPSA) is 51.2 Å². The summed E-state index contributed by atoms with van der Waals surface area (Å²) in [6, 6.07) is 5.57. The Balaban J connectivity index is 1.46. The van der Waals surface area contributed by atoms with E-state index in [0.29, 0.717) is 24.9 Å². The van der Waals surface area contributed by atoms with Crippen LogP contribution in [0.4, 0.5) is 5.69 Å². The van der Waals surface area contributed by atoms with Crippen LogP contribution < -0.4 is 4.90 Å². The van der Waals surface area contributed by atoms with Crippen molar-refractivity contribution < 1.29 is 19.3 Å². The summed E-state index contributed by atoms with van der Waals surface area (Å²) >= 11 is 0. The molecule has 1 saturated heterocycles. The fourth-order valence-corrected chi connectivity index (χ4v) is 3.99. The van der Waals surface area contributed by atoms with Gasteiger partial charge in [0.2, 0.25) is 0 Å². The fourth-order valence-electron chi connectivity index (χ4n) is 3.99. The zero-order chi connectivity index (χ0) is 22.6. The second-order valence-electron chi connectivity index (χ2n) is 10.7. The number of ether oxygens (including phenoxy) is 3. The molecule has 0 unspecified atom stereocenters. The molecule has 0 radical (unpaired) electrons. The molecule has 1 N–H and O–H groups in total. The lowest BCUT2D eigenvalue weighted by Gasteiger charge is -2.42. The van der Waals surface area contributed by atoms with Gasteiger partial charge in [0.05, 0.1) is 29.5 Å². The van der Waals surface area contributed by atoms with Crippen LogP contribution in [0.3, 0.4) is 0 Å². The van der Waals surface area contributed by atoms with Gasteiger partial charge >= 0.3 is 0 Å². The third kappa shape index (κ3) is 8.03. The first-order valence-corrected chi connectivity index (χ1v) is 11.5. The molecule has 0 bridgehead atoms. The van der Waals surface area contributed by atoms with E-state index in [1.54, 1.807) is 6.07 Å². The second-order valence-corrected chi connectivity index (χ2v) is 10.7. The van der Waals surface area contributed by atoms with Gasteiger partial charge in [0.25, 0.3) is 0 Å². The van der Waals surface area contributed by atoms with Gasteiger partial charge in [0, 0.05) is 30.4 Å². The van der Waals surface area contributed by atoms with Crippen molar-refractivity contribution in [2.75, 3.05) is 24.6 Å². The summed E-state index contributed by atoms with van der Waals surface area (Å²) in [6.07, 6.45) is 4.99. The third-order valence-electron chi connectivity index (χ3n) is 5.48. The highest BCUT2D eigenvalue weighted by atomic mass is 16.5. The lowest BCUT2D eigenvalue weighted by Crippen LogP contribution is -2.45. The van der Waals surface area contributed by atoms with E-state index in [0.717, 1.165) is 50.0 Å². The predicted molar refractivity (Wildman–Crippen MR) is 125 cm³/mol. The normalized spacial score (nSPS) is 22.6. The second kappa shape index (κ2) is 9.81. The van der Waals surface area contributed by atoms with Crippen molar-refractivity contribution in [2.45, 2.75) is 96.7 Å². The standard InChI is InChI=1S/C26H39NO4/c1-25(2,3)29-13-7-8-19-14-20(16-21(28)15-19)27-11-9-22(10-12-27)30-23-17-24(18-23)31-26(4,5)6/h14-16,22-24,28H,9-13,17-18H2,1-6H3. The van der Waals surface area contributed by atoms with Crippen LogP contribution in [0.2, 0.25) is 0 Å². The monoisotopic (exact) mass is 429 g/mol. The summed E-state index contributed by atoms with van der Waals surface area (Å²) in [6.45, 7) is 14.6. The van der Waals surface area contributed by atoms with Crippen LogP contribution in [0.1, 0.15) is 72.8 Å². The largest absolute Gasteiger partial charge is 0.508 e. The number of aromatic hydroxyl groups is 1. The molecule has 5 nitrogen and oxygen atoms in total. The SMILES string of the molecule is CC(C)(C)OCC#Cc1cc(O)cc(N2CCC(OC3CC(OC(C)(C)C)C3)CC2)c1. The van der Waals surface area contributed by atoms with E-state index in [9.17, 15) is 5.11 Å². The Hall–Kier alpha value is -1.74. The number of nitrogens with zero attached hydrogens (tertiary/aromatic N) is 1. The van der Waals surface area contributed by atoms with Crippen molar-refractivity contribution in [1.82, 2.24) is 0 Å². The average molecular weight is 430 g/mol. The molecule has 0 atom stereocenters. The summed E-state index contributed by atoms with van der Waals surface area (Å²) in [4.78, 5) is 2.31. The maximum absolute atomic E-state index is 10.2. The number of hydrogen-bond donors (Lipinski definition) is 1. The third-order valence-corrected chi connectivity index (χ3v) is 5.48. The Labute approximate surface area is 188 Å². The maximum Gasteiger partial charge on any atom is 0.118 e. The lowest BCUT2D eigenvalue weighted by molar-refractivity contribution is -0.164. The molecule has 1 saturated carbocycles. The van der Waals surface area contributed by atoms with Gasteiger partial charge in [-0.3, -0.25) is 0 Å². The first kappa shape index (κ1) is 23.9. The Morgan fingerprint density at radius 1 is 0.935 bits per heavy atom. The van der Waals surface area contributed by atoms with Crippen molar-refractivity contribution in [2.24, 2.45) is 0 Å². The highest BCUT2D eigenvalue weighted by Crippen LogP contribution is 2.33. The number of anilines is 1. The van der Waals surface area contributed by atoms with Crippen molar-refractivity contribution in [1.29, 1.82) is 0 Å². The number of piperidine rings is 1. The van der Waals surface area contributed by atoms with Gasteiger partial charge in [0.1, 0.15) is 12.4 Å². The minimum Gasteiger partial charge on any atom is -0.508 e. The summed E-state index contributed by atoms with van der Waals surface area (Å²) in [5.41, 5.74) is 1.54. The molecule has 1 aliphatic heterocycles. The van der Waals surface area contributed by atoms with Gasteiger partial charge in [-0.15, -0.1) is 0 Å². The van der Waals surface area contributed by atoms with Crippen molar-refractivity contribution in [3.63, 3.8) is 0 Å². The summed E-state index contributed by atoms with van der Waals surface area (Å²) < 4.78 is 18.0. The Bertz CT molecular complexity index is 782. The summed E-state index contributed by atoms with van der Waals surface area (Å²) in [5, 5.41) is 10.2. The zero-order valence-electron chi connectivity index (χ0n) is 20.0. The van der Waals surface area contributed by atoms with E-state index in [4.69, 9.17) is 14.2 Å². The number of hydrogen-bond acceptors (Lipinski definition) is 5. The van der Waals surface area contributed by atoms with E-state index in [-0.39, 0.29) is 17.0 Å². The minimum absolute atomic E-state index is 0.0783. The van der Waals surface area contributed by atoms with E-state index in [2.05, 4.69) is 37.5 Å². The van der Waals surface area contributed by atoms with Crippen molar-refractivity contribution >= 4 is 5.69 Å². The number of phenolic OH excluding ortho intramolecular Hbond substituents is 1. The number of benzene rings is 1. The van der Waals surface area contributed by atoms with E-state index >= 15 is 0 Å². The first-order chi connectivity index (χ1) is 14.5. The van der Waals surface area contributed by atoms with Gasteiger partial charge in [-0.05, 0) is 79.4 Å². The van der Waals surface area contributed by atoms with Crippen molar-refractivity contribution in [3.8, 4) is 17.6 Å². The van der Waals surface area contributed by atoms with Gasteiger partial charge < -0.3 is 24.2 Å². The van der Waals surface area contributed by atoms with E-state index < -0.39 is 0 Å². The predicted octanol–water partition coefficient (Wildman–Crippen LogP) is 4.89. The van der Waals surface area contributed by atoms with Crippen molar-refractivity contribution in [3.05, 3.63) is 23.8 Å². The van der Waals surface area contributed by atoms with Crippen LogP contribution in [0.15, 0.2) is 18.2 Å². The molecule has 1 aliphatic carbocycles. The molecule has 0 spiro atoms. The molecule has 0 aromatic heterocycles. The average Bonchev–Trinajstić information content (AvgIpc) is 2.62. The van der Waals surface area contributed by atoms with Gasteiger partial charge in [-0.25, -0.2) is 0 Å². The molecular weight excluding hydrogens is 390 g/mol. The highest BCUT2D eigenvalue weighted by Gasteiger charge is 2.35. The molecule has 3 rings (SSSR count). The van der Waals surface area contributed by atoms with Crippen LogP contribution in [0, 0.1) is 11.8 Å². The summed E-state index contributed by atoms with van der Waals surface area (Å²) in [7, 11) is 0. The van der Waals surface area contributed by atoms with Gasteiger partial charge in [0.15, 0.2) is 0 Å². The first-order valence-electron chi connectivity index (χ1n) is 11.5. The molecule has 1 heterocycles.